The van der Waals surface area contributed by atoms with E-state index in [0.29, 0.717) is 6.04 Å². The molecule has 2 fully saturated rings. The molecule has 0 spiro atoms. The topological polar surface area (TPSA) is 32.3 Å². The van der Waals surface area contributed by atoms with Gasteiger partial charge in [0.15, 0.2) is 0 Å². The zero-order valence-corrected chi connectivity index (χ0v) is 14.2. The van der Waals surface area contributed by atoms with Crippen LogP contribution in [0.1, 0.15) is 39.5 Å². The molecule has 3 atom stereocenters. The minimum atomic E-state index is 0.657. The number of fused-ring (bicyclic) bond motifs is 1. The Morgan fingerprint density at radius 3 is 2.52 bits per heavy atom. The van der Waals surface area contributed by atoms with Gasteiger partial charge < -0.3 is 4.90 Å². The number of aromatic nitrogens is 2. The normalized spacial score (nSPS) is 29.3. The van der Waals surface area contributed by atoms with E-state index < -0.39 is 0 Å². The number of likely N-dealkylation sites (tertiary alicyclic amines) is 1. The molecule has 0 unspecified atom stereocenters. The number of nitrogens with zero attached hydrogens (tertiary/aromatic N) is 4. The molecule has 1 aromatic heterocycles. The molecule has 2 saturated heterocycles. The third-order valence-corrected chi connectivity index (χ3v) is 5.60. The van der Waals surface area contributed by atoms with E-state index >= 15 is 0 Å². The number of anilines is 1. The summed E-state index contributed by atoms with van der Waals surface area (Å²) in [4.78, 5) is 14.6. The van der Waals surface area contributed by atoms with Crippen LogP contribution in [-0.4, -0.2) is 46.1 Å². The quantitative estimate of drug-likeness (QED) is 0.850. The van der Waals surface area contributed by atoms with Crippen LogP contribution in [0.3, 0.4) is 0 Å². The predicted molar refractivity (Wildman–Crippen MR) is 94.8 cm³/mol. The molecule has 2 aromatic rings. The Labute approximate surface area is 138 Å². The Morgan fingerprint density at radius 1 is 1.00 bits per heavy atom. The molecule has 3 heterocycles. The van der Waals surface area contributed by atoms with Crippen LogP contribution in [0.25, 0.3) is 11.0 Å². The van der Waals surface area contributed by atoms with Crippen LogP contribution in [0.4, 0.5) is 5.82 Å². The van der Waals surface area contributed by atoms with Crippen molar-refractivity contribution in [2.45, 2.75) is 57.7 Å². The third kappa shape index (κ3) is 2.80. The molecule has 0 aliphatic carbocycles. The van der Waals surface area contributed by atoms with Gasteiger partial charge in [0.05, 0.1) is 17.2 Å². The van der Waals surface area contributed by atoms with Crippen molar-refractivity contribution >= 4 is 16.9 Å². The van der Waals surface area contributed by atoms with Crippen molar-refractivity contribution in [1.82, 2.24) is 14.9 Å². The lowest BCUT2D eigenvalue weighted by Crippen LogP contribution is -2.51. The summed E-state index contributed by atoms with van der Waals surface area (Å²) in [5, 5.41) is 0. The number of piperidine rings is 1. The van der Waals surface area contributed by atoms with Gasteiger partial charge in [0.2, 0.25) is 0 Å². The maximum Gasteiger partial charge on any atom is 0.147 e. The van der Waals surface area contributed by atoms with Crippen LogP contribution in [0.5, 0.6) is 0 Å². The van der Waals surface area contributed by atoms with Crippen LogP contribution in [-0.2, 0) is 0 Å². The van der Waals surface area contributed by atoms with Gasteiger partial charge in [-0.15, -0.1) is 0 Å². The molecule has 2 aliphatic heterocycles. The van der Waals surface area contributed by atoms with Gasteiger partial charge >= 0.3 is 0 Å². The Balaban J connectivity index is 1.56. The number of hydrogen-bond acceptors (Lipinski definition) is 4. The van der Waals surface area contributed by atoms with E-state index in [1.165, 1.54) is 25.7 Å². The summed E-state index contributed by atoms with van der Waals surface area (Å²) in [6.07, 6.45) is 7.18. The smallest absolute Gasteiger partial charge is 0.147 e. The van der Waals surface area contributed by atoms with E-state index in [2.05, 4.69) is 34.7 Å². The average Bonchev–Trinajstić information content (AvgIpc) is 2.93. The number of hydrogen-bond donors (Lipinski definition) is 0. The average molecular weight is 310 g/mol. The van der Waals surface area contributed by atoms with Crippen LogP contribution < -0.4 is 4.90 Å². The lowest BCUT2D eigenvalue weighted by Gasteiger charge is -2.41. The highest BCUT2D eigenvalue weighted by Gasteiger charge is 2.35. The second kappa shape index (κ2) is 6.08. The highest BCUT2D eigenvalue weighted by Crippen LogP contribution is 2.31. The molecule has 4 nitrogen and oxygen atoms in total. The zero-order valence-electron chi connectivity index (χ0n) is 14.2. The van der Waals surface area contributed by atoms with Crippen molar-refractivity contribution in [2.24, 2.45) is 0 Å². The summed E-state index contributed by atoms with van der Waals surface area (Å²) >= 11 is 0. The summed E-state index contributed by atoms with van der Waals surface area (Å²) in [5.74, 6) is 1.04. The highest BCUT2D eigenvalue weighted by atomic mass is 15.3. The van der Waals surface area contributed by atoms with E-state index in [0.717, 1.165) is 42.0 Å². The van der Waals surface area contributed by atoms with Gasteiger partial charge in [-0.1, -0.05) is 12.1 Å². The second-order valence-electron chi connectivity index (χ2n) is 7.18. The Bertz CT molecular complexity index is 676. The van der Waals surface area contributed by atoms with Crippen molar-refractivity contribution in [3.63, 3.8) is 0 Å². The van der Waals surface area contributed by atoms with Crippen molar-refractivity contribution in [3.05, 3.63) is 30.5 Å². The second-order valence-corrected chi connectivity index (χ2v) is 7.18. The molecule has 0 N–H and O–H groups in total. The zero-order chi connectivity index (χ0) is 15.8. The first-order valence-corrected chi connectivity index (χ1v) is 8.96. The maximum atomic E-state index is 4.84. The van der Waals surface area contributed by atoms with Gasteiger partial charge in [-0.25, -0.2) is 4.98 Å². The van der Waals surface area contributed by atoms with Gasteiger partial charge in [-0.2, -0.15) is 0 Å². The molecular formula is C19H26N4. The lowest BCUT2D eigenvalue weighted by atomic mass is 10.0. The molecule has 2 aliphatic rings. The van der Waals surface area contributed by atoms with Gasteiger partial charge in [0, 0.05) is 31.2 Å². The SMILES string of the molecule is C[C@@H]1CC[C@@H](C)N1[C@H]1CCCN(c2cnc3ccccc3n2)C1. The summed E-state index contributed by atoms with van der Waals surface area (Å²) < 4.78 is 0. The molecule has 0 radical (unpaired) electrons. The summed E-state index contributed by atoms with van der Waals surface area (Å²) in [7, 11) is 0. The standard InChI is InChI=1S/C19H26N4/c1-14-9-10-15(2)23(14)16-6-5-11-22(13-16)19-12-20-17-7-3-4-8-18(17)21-19/h3-4,7-8,12,14-16H,5-6,9-11,13H2,1-2H3/t14-,15-,16+/m1/s1. The van der Waals surface area contributed by atoms with E-state index in [1.54, 1.807) is 0 Å². The molecule has 0 saturated carbocycles. The molecular weight excluding hydrogens is 284 g/mol. The minimum Gasteiger partial charge on any atom is -0.354 e. The van der Waals surface area contributed by atoms with Crippen LogP contribution >= 0.6 is 0 Å². The van der Waals surface area contributed by atoms with E-state index in [4.69, 9.17) is 4.98 Å². The largest absolute Gasteiger partial charge is 0.354 e. The van der Waals surface area contributed by atoms with Crippen LogP contribution in [0.2, 0.25) is 0 Å². The van der Waals surface area contributed by atoms with Crippen LogP contribution in [0.15, 0.2) is 30.5 Å². The van der Waals surface area contributed by atoms with Crippen molar-refractivity contribution in [3.8, 4) is 0 Å². The van der Waals surface area contributed by atoms with Gasteiger partial charge in [-0.3, -0.25) is 9.88 Å². The fraction of sp³-hybridized carbons (Fsp3) is 0.579. The molecule has 1 aromatic carbocycles. The summed E-state index contributed by atoms with van der Waals surface area (Å²) in [6, 6.07) is 10.2. The fourth-order valence-corrected chi connectivity index (χ4v) is 4.44. The first kappa shape index (κ1) is 14.9. The van der Waals surface area contributed by atoms with Crippen molar-refractivity contribution in [2.75, 3.05) is 18.0 Å². The van der Waals surface area contributed by atoms with Crippen molar-refractivity contribution < 1.29 is 0 Å². The first-order valence-electron chi connectivity index (χ1n) is 8.96. The summed E-state index contributed by atoms with van der Waals surface area (Å²) in [5.41, 5.74) is 1.97. The molecule has 0 amide bonds. The predicted octanol–water partition coefficient (Wildman–Crippen LogP) is 3.47. The molecule has 0 bridgehead atoms. The fourth-order valence-electron chi connectivity index (χ4n) is 4.44. The Kier molecular flexibility index (Phi) is 3.93. The first-order chi connectivity index (χ1) is 11.2. The molecule has 23 heavy (non-hydrogen) atoms. The van der Waals surface area contributed by atoms with Crippen molar-refractivity contribution in [1.29, 1.82) is 0 Å². The molecule has 4 heteroatoms. The summed E-state index contributed by atoms with van der Waals surface area (Å²) in [6.45, 7) is 6.96. The lowest BCUT2D eigenvalue weighted by molar-refractivity contribution is 0.129. The Hall–Kier alpha value is -1.68. The third-order valence-electron chi connectivity index (χ3n) is 5.60. The number of benzene rings is 1. The van der Waals surface area contributed by atoms with Gasteiger partial charge in [0.25, 0.3) is 0 Å². The molecule has 122 valence electrons. The molecule has 4 rings (SSSR count). The highest BCUT2D eigenvalue weighted by molar-refractivity contribution is 5.75. The number of rotatable bonds is 2. The Morgan fingerprint density at radius 2 is 1.74 bits per heavy atom. The maximum absolute atomic E-state index is 4.84. The van der Waals surface area contributed by atoms with Crippen LogP contribution in [0, 0.1) is 0 Å². The monoisotopic (exact) mass is 310 g/mol. The van der Waals surface area contributed by atoms with E-state index in [1.807, 2.05) is 24.4 Å². The number of para-hydroxylation sites is 2. The van der Waals surface area contributed by atoms with E-state index in [-0.39, 0.29) is 0 Å². The minimum absolute atomic E-state index is 0.657. The van der Waals surface area contributed by atoms with Gasteiger partial charge in [0.1, 0.15) is 5.82 Å². The van der Waals surface area contributed by atoms with E-state index in [9.17, 15) is 0 Å². The van der Waals surface area contributed by atoms with Gasteiger partial charge in [-0.05, 0) is 51.7 Å².